The number of hydrogen-bond donors (Lipinski definition) is 1. The highest BCUT2D eigenvalue weighted by molar-refractivity contribution is 7.71. The van der Waals surface area contributed by atoms with Gasteiger partial charge >= 0.3 is 0 Å². The van der Waals surface area contributed by atoms with Crippen molar-refractivity contribution >= 4 is 18.4 Å². The van der Waals surface area contributed by atoms with Gasteiger partial charge in [-0.2, -0.15) is 14.9 Å². The first kappa shape index (κ1) is 17.7. The number of aromatic amines is 1. The Hall–Kier alpha value is -3.13. The molecule has 0 aliphatic heterocycles. The smallest absolute Gasteiger partial charge is 0.216 e. The molecule has 8 heteroatoms. The molecule has 0 radical (unpaired) electrons. The van der Waals surface area contributed by atoms with Crippen molar-refractivity contribution in [1.82, 2.24) is 14.9 Å². The maximum atomic E-state index is 5.31. The van der Waals surface area contributed by atoms with Gasteiger partial charge in [-0.25, -0.2) is 5.10 Å². The average Bonchev–Trinajstić information content (AvgIpc) is 3.06. The topological polar surface area (TPSA) is 73.7 Å². The highest BCUT2D eigenvalue weighted by Gasteiger charge is 2.09. The van der Waals surface area contributed by atoms with Gasteiger partial charge in [0, 0.05) is 5.56 Å². The van der Waals surface area contributed by atoms with Gasteiger partial charge in [0.25, 0.3) is 0 Å². The molecule has 0 aliphatic carbocycles. The highest BCUT2D eigenvalue weighted by atomic mass is 32.1. The minimum absolute atomic E-state index is 0.396. The summed E-state index contributed by atoms with van der Waals surface area (Å²) in [4.78, 5) is 0. The molecule has 134 valence electrons. The second kappa shape index (κ2) is 7.83. The van der Waals surface area contributed by atoms with Crippen LogP contribution in [0.25, 0.3) is 11.4 Å². The van der Waals surface area contributed by atoms with Crippen molar-refractivity contribution in [3.63, 3.8) is 0 Å². The molecular formula is C18H18N4O3S. The third kappa shape index (κ3) is 3.60. The van der Waals surface area contributed by atoms with Crippen LogP contribution in [-0.4, -0.2) is 42.4 Å². The summed E-state index contributed by atoms with van der Waals surface area (Å²) in [6.07, 6.45) is 1.68. The van der Waals surface area contributed by atoms with E-state index in [9.17, 15) is 0 Å². The molecule has 0 spiro atoms. The van der Waals surface area contributed by atoms with Crippen LogP contribution in [-0.2, 0) is 0 Å². The lowest BCUT2D eigenvalue weighted by Crippen LogP contribution is -1.96. The van der Waals surface area contributed by atoms with Crippen LogP contribution in [0.3, 0.4) is 0 Å². The maximum absolute atomic E-state index is 5.31. The van der Waals surface area contributed by atoms with Gasteiger partial charge < -0.3 is 14.2 Å². The molecule has 0 bridgehead atoms. The van der Waals surface area contributed by atoms with Crippen LogP contribution in [0.2, 0.25) is 0 Å². The van der Waals surface area contributed by atoms with E-state index < -0.39 is 0 Å². The van der Waals surface area contributed by atoms with Crippen LogP contribution < -0.4 is 14.2 Å². The fourth-order valence-corrected chi connectivity index (χ4v) is 2.56. The zero-order valence-electron chi connectivity index (χ0n) is 14.6. The summed E-state index contributed by atoms with van der Waals surface area (Å²) in [5.41, 5.74) is 1.70. The summed E-state index contributed by atoms with van der Waals surface area (Å²) < 4.78 is 17.7. The third-order valence-electron chi connectivity index (χ3n) is 3.73. The summed E-state index contributed by atoms with van der Waals surface area (Å²) in [5, 5.41) is 11.5. The van der Waals surface area contributed by atoms with Crippen LogP contribution >= 0.6 is 12.2 Å². The summed E-state index contributed by atoms with van der Waals surface area (Å²) in [5.74, 6) is 2.66. The van der Waals surface area contributed by atoms with Crippen LogP contribution in [0.4, 0.5) is 0 Å². The lowest BCUT2D eigenvalue weighted by molar-refractivity contribution is 0.355. The molecule has 0 aliphatic rings. The average molecular weight is 370 g/mol. The lowest BCUT2D eigenvalue weighted by Gasteiger charge is -2.07. The van der Waals surface area contributed by atoms with E-state index >= 15 is 0 Å². The number of nitrogens with zero attached hydrogens (tertiary/aromatic N) is 3. The fourth-order valence-electron chi connectivity index (χ4n) is 2.38. The van der Waals surface area contributed by atoms with Crippen molar-refractivity contribution in [2.75, 3.05) is 21.3 Å². The molecule has 1 heterocycles. The van der Waals surface area contributed by atoms with Crippen LogP contribution in [0.1, 0.15) is 5.56 Å². The number of methoxy groups -OCH3 is 3. The maximum Gasteiger partial charge on any atom is 0.216 e. The van der Waals surface area contributed by atoms with Crippen molar-refractivity contribution < 1.29 is 14.2 Å². The van der Waals surface area contributed by atoms with E-state index in [0.717, 1.165) is 16.9 Å². The minimum atomic E-state index is 0.396. The second-order valence-corrected chi connectivity index (χ2v) is 5.64. The molecule has 0 saturated carbocycles. The Bertz CT molecular complexity index is 977. The zero-order valence-corrected chi connectivity index (χ0v) is 15.4. The number of nitrogens with one attached hydrogen (secondary N) is 1. The SMILES string of the molecule is COc1ccc(-c2n[nH]c(=S)n2/N=C/c2ccc(OC)c(OC)c2)cc1. The van der Waals surface area contributed by atoms with Gasteiger partial charge in [0.15, 0.2) is 17.3 Å². The van der Waals surface area contributed by atoms with Crippen molar-refractivity contribution in [2.24, 2.45) is 5.10 Å². The standard InChI is InChI=1S/C18H18N4O3S/c1-23-14-7-5-13(6-8-14)17-20-21-18(26)22(17)19-11-12-4-9-15(24-2)16(10-12)25-3/h4-11H,1-3H3,(H,21,26)/b19-11+. The first-order chi connectivity index (χ1) is 12.7. The zero-order chi connectivity index (χ0) is 18.5. The largest absolute Gasteiger partial charge is 0.497 e. The summed E-state index contributed by atoms with van der Waals surface area (Å²) in [6, 6.07) is 13.0. The molecule has 1 aromatic heterocycles. The van der Waals surface area contributed by atoms with Crippen molar-refractivity contribution in [2.45, 2.75) is 0 Å². The Kier molecular flexibility index (Phi) is 5.33. The molecule has 7 nitrogen and oxygen atoms in total. The van der Waals surface area contributed by atoms with Crippen LogP contribution in [0.5, 0.6) is 17.2 Å². The van der Waals surface area contributed by atoms with Crippen molar-refractivity contribution in [3.05, 3.63) is 52.8 Å². The van der Waals surface area contributed by atoms with Crippen LogP contribution in [0.15, 0.2) is 47.6 Å². The second-order valence-electron chi connectivity index (χ2n) is 5.25. The van der Waals surface area contributed by atoms with Crippen LogP contribution in [0, 0.1) is 4.77 Å². The summed E-state index contributed by atoms with van der Waals surface area (Å²) >= 11 is 5.29. The summed E-state index contributed by atoms with van der Waals surface area (Å²) in [7, 11) is 4.81. The van der Waals surface area contributed by atoms with Gasteiger partial charge in [0.2, 0.25) is 4.77 Å². The molecule has 26 heavy (non-hydrogen) atoms. The quantitative estimate of drug-likeness (QED) is 0.531. The summed E-state index contributed by atoms with van der Waals surface area (Å²) in [6.45, 7) is 0. The number of H-pyrrole nitrogens is 1. The van der Waals surface area contributed by atoms with Crippen molar-refractivity contribution in [3.8, 4) is 28.6 Å². The van der Waals surface area contributed by atoms with E-state index in [1.807, 2.05) is 42.5 Å². The Balaban J connectivity index is 1.94. The molecule has 0 saturated heterocycles. The Labute approximate surface area is 155 Å². The van der Waals surface area contributed by atoms with Gasteiger partial charge in [0.05, 0.1) is 27.5 Å². The normalized spacial score (nSPS) is 10.9. The predicted octanol–water partition coefficient (Wildman–Crippen LogP) is 3.52. The lowest BCUT2D eigenvalue weighted by atomic mass is 10.2. The molecule has 1 N–H and O–H groups in total. The predicted molar refractivity (Wildman–Crippen MR) is 102 cm³/mol. The number of ether oxygens (including phenoxy) is 3. The van der Waals surface area contributed by atoms with E-state index in [4.69, 9.17) is 26.4 Å². The number of hydrogen-bond acceptors (Lipinski definition) is 6. The van der Waals surface area contributed by atoms with E-state index in [0.29, 0.717) is 22.1 Å². The Morgan fingerprint density at radius 1 is 1.00 bits per heavy atom. The third-order valence-corrected chi connectivity index (χ3v) is 3.99. The van der Waals surface area contributed by atoms with Gasteiger partial charge in [-0.05, 0) is 60.2 Å². The van der Waals surface area contributed by atoms with E-state index in [1.165, 1.54) is 0 Å². The molecule has 2 aromatic carbocycles. The first-order valence-electron chi connectivity index (χ1n) is 7.74. The van der Waals surface area contributed by atoms with E-state index in [1.54, 1.807) is 32.2 Å². The minimum Gasteiger partial charge on any atom is -0.497 e. The Morgan fingerprint density at radius 2 is 1.73 bits per heavy atom. The van der Waals surface area contributed by atoms with E-state index in [2.05, 4.69) is 15.3 Å². The molecule has 3 rings (SSSR count). The van der Waals surface area contributed by atoms with Gasteiger partial charge in [-0.3, -0.25) is 0 Å². The first-order valence-corrected chi connectivity index (χ1v) is 8.15. The fraction of sp³-hybridized carbons (Fsp3) is 0.167. The molecule has 3 aromatic rings. The van der Waals surface area contributed by atoms with E-state index in [-0.39, 0.29) is 0 Å². The highest BCUT2D eigenvalue weighted by Crippen LogP contribution is 2.27. The Morgan fingerprint density at radius 3 is 2.38 bits per heavy atom. The van der Waals surface area contributed by atoms with Gasteiger partial charge in [0.1, 0.15) is 5.75 Å². The monoisotopic (exact) mass is 370 g/mol. The van der Waals surface area contributed by atoms with Crippen molar-refractivity contribution in [1.29, 1.82) is 0 Å². The van der Waals surface area contributed by atoms with Gasteiger partial charge in [-0.15, -0.1) is 0 Å². The molecular weight excluding hydrogens is 352 g/mol. The number of benzene rings is 2. The molecule has 0 atom stereocenters. The molecule has 0 fully saturated rings. The molecule has 0 amide bonds. The van der Waals surface area contributed by atoms with Gasteiger partial charge in [-0.1, -0.05) is 0 Å². The number of rotatable bonds is 6. The number of aromatic nitrogens is 3. The molecule has 0 unspecified atom stereocenters.